The Morgan fingerprint density at radius 3 is 1.27 bits per heavy atom. The lowest BCUT2D eigenvalue weighted by atomic mass is 9.91. The first kappa shape index (κ1) is 36.5. The fraction of sp³-hybridized carbons (Fsp3) is 0.968. The molecule has 0 N–H and O–H groups in total. The Morgan fingerprint density at radius 1 is 0.625 bits per heavy atom. The summed E-state index contributed by atoms with van der Waals surface area (Å²) in [5.74, 6) is 0. The molecule has 0 aromatic heterocycles. The molecule has 0 heterocycles. The monoisotopic (exact) mass is 614 g/mol. The third-order valence-corrected chi connectivity index (χ3v) is 15.9. The van der Waals surface area contributed by atoms with E-state index in [-0.39, 0.29) is 0 Å². The molecule has 0 aromatic carbocycles. The van der Waals surface area contributed by atoms with Crippen LogP contribution >= 0.6 is 14.8 Å². The first-order valence-corrected chi connectivity index (χ1v) is 20.4. The van der Waals surface area contributed by atoms with Gasteiger partial charge in [-0.15, -0.1) is 0 Å². The van der Waals surface area contributed by atoms with E-state index in [2.05, 4.69) is 107 Å². The molecule has 40 heavy (non-hydrogen) atoms. The minimum absolute atomic E-state index is 0.304. The smallest absolute Gasteiger partial charge is 0.344 e. The number of nitrogens with zero attached hydrogens (tertiary/aromatic N) is 6. The molecule has 0 aliphatic heterocycles. The predicted molar refractivity (Wildman–Crippen MR) is 181 cm³/mol. The summed E-state index contributed by atoms with van der Waals surface area (Å²) in [5, 5.41) is 0. The predicted octanol–water partition coefficient (Wildman–Crippen LogP) is 9.41. The average Bonchev–Trinajstić information content (AvgIpc) is 2.84. The van der Waals surface area contributed by atoms with Crippen molar-refractivity contribution in [2.24, 2.45) is 4.88 Å². The Balaban J connectivity index is 2.86. The molecule has 2 fully saturated rings. The maximum atomic E-state index is 6.66. The minimum Gasteiger partial charge on any atom is -0.713 e. The Morgan fingerprint density at radius 2 is 0.975 bits per heavy atom. The maximum absolute atomic E-state index is 6.66. The average molecular weight is 615 g/mol. The van der Waals surface area contributed by atoms with Crippen LogP contribution in [0.5, 0.6) is 0 Å². The summed E-state index contributed by atoms with van der Waals surface area (Å²) >= 11 is 6.66. The van der Waals surface area contributed by atoms with Crippen molar-refractivity contribution < 1.29 is 4.79 Å². The summed E-state index contributed by atoms with van der Waals surface area (Å²) in [4.78, 5) is 10.3. The lowest BCUT2D eigenvalue weighted by Gasteiger charge is -2.53. The standard InChI is InChI=1S/C31H64N6P2S/c1-24(2)34(25(3)4)38(35(30-19-15-13-16-20-30)31-21-17-14-18-22-31)33-32-23-39(40,36(26(5)6)27(7)8)37(28(9)10)29(11)12/h24-31H,13-22H2,1-12H3. The highest BCUT2D eigenvalue weighted by atomic mass is 32.7. The molecule has 0 aromatic rings. The summed E-state index contributed by atoms with van der Waals surface area (Å²) in [6.07, 6.45) is 10.9. The van der Waals surface area contributed by atoms with Crippen molar-refractivity contribution in [3.63, 3.8) is 0 Å². The fourth-order valence-electron chi connectivity index (χ4n) is 7.29. The molecule has 0 amide bonds. The van der Waals surface area contributed by atoms with E-state index in [1.54, 1.807) is 0 Å². The molecular weight excluding hydrogens is 550 g/mol. The molecule has 1 atom stereocenters. The normalized spacial score (nSPS) is 19.4. The molecule has 2 aliphatic rings. The number of rotatable bonds is 13. The lowest BCUT2D eigenvalue weighted by Crippen LogP contribution is -2.46. The second-order valence-corrected chi connectivity index (χ2v) is 19.1. The van der Waals surface area contributed by atoms with Gasteiger partial charge in [0.25, 0.3) is 8.37 Å². The van der Waals surface area contributed by atoms with Crippen LogP contribution in [0.3, 0.4) is 0 Å². The fourth-order valence-corrected chi connectivity index (χ4v) is 15.3. The second-order valence-electron chi connectivity index (χ2n) is 13.8. The molecule has 0 bridgehead atoms. The van der Waals surface area contributed by atoms with E-state index in [0.717, 1.165) is 0 Å². The molecule has 2 saturated carbocycles. The van der Waals surface area contributed by atoms with Gasteiger partial charge in [-0.25, -0.2) is 9.34 Å². The largest absolute Gasteiger partial charge is 0.713 e. The highest BCUT2D eigenvalue weighted by Gasteiger charge is 2.42. The molecule has 234 valence electrons. The van der Waals surface area contributed by atoms with Gasteiger partial charge < -0.3 is 12.2 Å². The summed E-state index contributed by atoms with van der Waals surface area (Å²) in [7, 11) is -0.968. The highest BCUT2D eigenvalue weighted by Crippen LogP contribution is 2.57. The van der Waals surface area contributed by atoms with Crippen molar-refractivity contribution in [1.29, 1.82) is 0 Å². The molecule has 1 unspecified atom stereocenters. The Hall–Kier alpha value is 0.340. The van der Waals surface area contributed by atoms with Crippen LogP contribution in [-0.2, 0) is 12.2 Å². The van der Waals surface area contributed by atoms with Gasteiger partial charge in [-0.1, -0.05) is 38.5 Å². The van der Waals surface area contributed by atoms with Crippen molar-refractivity contribution in [1.82, 2.24) is 18.7 Å². The third kappa shape index (κ3) is 9.42. The Kier molecular flexibility index (Phi) is 15.5. The van der Waals surface area contributed by atoms with E-state index in [1.165, 1.54) is 64.2 Å². The van der Waals surface area contributed by atoms with E-state index in [4.69, 9.17) is 21.9 Å². The molecule has 0 spiro atoms. The van der Waals surface area contributed by atoms with Crippen LogP contribution in [0, 0.1) is 0 Å². The van der Waals surface area contributed by atoms with Gasteiger partial charge in [0.1, 0.15) is 9.67 Å². The van der Waals surface area contributed by atoms with Crippen LogP contribution in [0.2, 0.25) is 0 Å². The minimum atomic E-state index is -2.43. The SMILES string of the molecule is CC(C)N(C(C)C)P(N=[N+]=C=P([S-])(N(C(C)C)C(C)C)N(C(C)C)C(C)C)N(C1CCCCC1)C1CCCCC1. The van der Waals surface area contributed by atoms with Crippen LogP contribution in [0.1, 0.15) is 147 Å². The quantitative estimate of drug-likeness (QED) is 0.0679. The number of hydrogen-bond donors (Lipinski definition) is 0. The van der Waals surface area contributed by atoms with Crippen molar-refractivity contribution in [2.45, 2.75) is 196 Å². The molecule has 2 rings (SSSR count). The molecular formula is C31H64N6P2S. The van der Waals surface area contributed by atoms with Gasteiger partial charge in [-0.3, -0.25) is 9.34 Å². The topological polar surface area (TPSA) is 39.4 Å². The lowest BCUT2D eigenvalue weighted by molar-refractivity contribution is -0.0605. The van der Waals surface area contributed by atoms with Crippen molar-refractivity contribution >= 4 is 32.6 Å². The van der Waals surface area contributed by atoms with Crippen LogP contribution in [0.4, 0.5) is 0 Å². The van der Waals surface area contributed by atoms with Crippen molar-refractivity contribution in [3.05, 3.63) is 0 Å². The van der Waals surface area contributed by atoms with Gasteiger partial charge in [0, 0.05) is 54.7 Å². The summed E-state index contributed by atoms with van der Waals surface area (Å²) < 4.78 is 10.5. The third-order valence-electron chi connectivity index (χ3n) is 8.41. The van der Waals surface area contributed by atoms with Crippen molar-refractivity contribution in [3.8, 4) is 0 Å². The van der Waals surface area contributed by atoms with Gasteiger partial charge in [-0.2, -0.15) is 0 Å². The molecule has 0 radical (unpaired) electrons. The van der Waals surface area contributed by atoms with Gasteiger partial charge in [0.15, 0.2) is 0 Å². The summed E-state index contributed by atoms with van der Waals surface area (Å²) in [6.45, 7) is 27.4. The van der Waals surface area contributed by atoms with Crippen molar-refractivity contribution in [2.75, 3.05) is 0 Å². The van der Waals surface area contributed by atoms with E-state index < -0.39 is 14.8 Å². The summed E-state index contributed by atoms with van der Waals surface area (Å²) in [6, 6.07) is 3.23. The zero-order chi connectivity index (χ0) is 30.2. The molecule has 9 heteroatoms. The Labute approximate surface area is 256 Å². The van der Waals surface area contributed by atoms with Gasteiger partial charge in [-0.05, 0) is 109 Å². The van der Waals surface area contributed by atoms with E-state index in [9.17, 15) is 0 Å². The second kappa shape index (κ2) is 17.0. The molecule has 6 nitrogen and oxygen atoms in total. The van der Waals surface area contributed by atoms with E-state index in [1.807, 2.05) is 0 Å². The van der Waals surface area contributed by atoms with Gasteiger partial charge >= 0.3 is 5.59 Å². The van der Waals surface area contributed by atoms with Crippen LogP contribution in [0.15, 0.2) is 4.88 Å². The van der Waals surface area contributed by atoms with E-state index >= 15 is 0 Å². The highest BCUT2D eigenvalue weighted by molar-refractivity contribution is 8.38. The van der Waals surface area contributed by atoms with Crippen LogP contribution < -0.4 is 0 Å². The Bertz CT molecular complexity index is 801. The van der Waals surface area contributed by atoms with Crippen LogP contribution in [-0.4, -0.2) is 77.4 Å². The van der Waals surface area contributed by atoms with E-state index in [0.29, 0.717) is 48.3 Å². The maximum Gasteiger partial charge on any atom is 0.344 e. The number of hydrogen-bond acceptors (Lipinski definition) is 6. The van der Waals surface area contributed by atoms with Gasteiger partial charge in [0.05, 0.1) is 0 Å². The molecule has 0 saturated heterocycles. The zero-order valence-corrected chi connectivity index (χ0v) is 30.8. The zero-order valence-electron chi connectivity index (χ0n) is 28.2. The first-order chi connectivity index (χ1) is 18.7. The van der Waals surface area contributed by atoms with Crippen LogP contribution in [0.25, 0.3) is 0 Å². The summed E-state index contributed by atoms with van der Waals surface area (Å²) in [5.41, 5.74) is 3.64. The van der Waals surface area contributed by atoms with Gasteiger partial charge in [0.2, 0.25) is 0 Å². The first-order valence-electron chi connectivity index (χ1n) is 16.5. The molecule has 2 aliphatic carbocycles.